The molecule has 2 rings (SSSR count). The van der Waals surface area contributed by atoms with Gasteiger partial charge in [0.2, 0.25) is 10.0 Å². The number of nitrogens with one attached hydrogen (secondary N) is 1. The molecule has 0 spiro atoms. The number of anilines is 1. The van der Waals surface area contributed by atoms with Crippen molar-refractivity contribution in [2.75, 3.05) is 17.6 Å². The van der Waals surface area contributed by atoms with Gasteiger partial charge in [-0.25, -0.2) is 13.6 Å². The number of sulfonamides is 1. The highest BCUT2D eigenvalue weighted by Crippen LogP contribution is 2.16. The van der Waals surface area contributed by atoms with E-state index in [1.807, 2.05) is 30.3 Å². The normalized spacial score (nSPS) is 11.6. The lowest BCUT2D eigenvalue weighted by atomic mass is 10.2. The molecule has 0 aliphatic rings. The average Bonchev–Trinajstić information content (AvgIpc) is 2.27. The van der Waals surface area contributed by atoms with E-state index in [4.69, 9.17) is 5.14 Å². The molecule has 3 N–H and O–H groups in total. The Morgan fingerprint density at radius 1 is 1.29 bits per heavy atom. The van der Waals surface area contributed by atoms with Crippen molar-refractivity contribution in [3.63, 3.8) is 0 Å². The minimum atomic E-state index is -3.41. The Bertz CT molecular complexity index is 625. The maximum Gasteiger partial charge on any atom is 0.210 e. The molecule has 5 nitrogen and oxygen atoms in total. The number of nitrogens with zero attached hydrogens (tertiary/aromatic N) is 1. The molecule has 0 atom stereocenters. The maximum atomic E-state index is 10.8. The summed E-state index contributed by atoms with van der Waals surface area (Å²) in [5.41, 5.74) is 1.76. The van der Waals surface area contributed by atoms with Crippen LogP contribution >= 0.6 is 0 Å². The van der Waals surface area contributed by atoms with Crippen LogP contribution in [0.1, 0.15) is 0 Å². The van der Waals surface area contributed by atoms with Crippen molar-refractivity contribution < 1.29 is 8.42 Å². The largest absolute Gasteiger partial charge is 0.384 e. The molecule has 90 valence electrons. The minimum absolute atomic E-state index is 0.0852. The second-order valence-corrected chi connectivity index (χ2v) is 5.44. The first-order valence-electron chi connectivity index (χ1n) is 5.14. The Kier molecular flexibility index (Phi) is 3.26. The number of benzene rings is 1. The number of fused-ring (bicyclic) bond motifs is 1. The predicted octanol–water partition coefficient (Wildman–Crippen LogP) is 0.935. The fourth-order valence-electron chi connectivity index (χ4n) is 1.52. The van der Waals surface area contributed by atoms with E-state index < -0.39 is 10.0 Å². The SMILES string of the molecule is NS(=O)(=O)CCNc1ccc2ncccc2c1. The van der Waals surface area contributed by atoms with E-state index in [9.17, 15) is 8.42 Å². The lowest BCUT2D eigenvalue weighted by Crippen LogP contribution is -2.22. The number of nitrogens with two attached hydrogens (primary N) is 1. The van der Waals surface area contributed by atoms with Gasteiger partial charge in [-0.15, -0.1) is 0 Å². The molecule has 0 amide bonds. The van der Waals surface area contributed by atoms with Gasteiger partial charge in [-0.05, 0) is 24.3 Å². The van der Waals surface area contributed by atoms with Gasteiger partial charge in [0.05, 0.1) is 11.3 Å². The molecule has 0 radical (unpaired) electrons. The van der Waals surface area contributed by atoms with Gasteiger partial charge in [0.25, 0.3) is 0 Å². The Morgan fingerprint density at radius 2 is 2.12 bits per heavy atom. The highest BCUT2D eigenvalue weighted by molar-refractivity contribution is 7.89. The lowest BCUT2D eigenvalue weighted by molar-refractivity contribution is 0.598. The first kappa shape index (κ1) is 11.8. The van der Waals surface area contributed by atoms with Gasteiger partial charge in [0, 0.05) is 23.8 Å². The van der Waals surface area contributed by atoms with E-state index in [0.717, 1.165) is 16.6 Å². The van der Waals surface area contributed by atoms with Crippen molar-refractivity contribution in [3.8, 4) is 0 Å². The van der Waals surface area contributed by atoms with Gasteiger partial charge < -0.3 is 5.32 Å². The zero-order valence-electron chi connectivity index (χ0n) is 9.13. The van der Waals surface area contributed by atoms with Crippen LogP contribution < -0.4 is 10.5 Å². The molecule has 0 aliphatic carbocycles. The van der Waals surface area contributed by atoms with Crippen LogP contribution in [-0.4, -0.2) is 25.7 Å². The highest BCUT2D eigenvalue weighted by Gasteiger charge is 2.02. The van der Waals surface area contributed by atoms with E-state index in [-0.39, 0.29) is 5.75 Å². The van der Waals surface area contributed by atoms with Crippen LogP contribution in [0, 0.1) is 0 Å². The maximum absolute atomic E-state index is 10.8. The molecule has 0 saturated carbocycles. The summed E-state index contributed by atoms with van der Waals surface area (Å²) >= 11 is 0. The van der Waals surface area contributed by atoms with Gasteiger partial charge in [-0.2, -0.15) is 0 Å². The molecule has 0 saturated heterocycles. The van der Waals surface area contributed by atoms with Crippen LogP contribution in [0.25, 0.3) is 10.9 Å². The summed E-state index contributed by atoms with van der Waals surface area (Å²) in [5.74, 6) is -0.0852. The fourth-order valence-corrected chi connectivity index (χ4v) is 1.91. The van der Waals surface area contributed by atoms with Crippen LogP contribution in [0.2, 0.25) is 0 Å². The lowest BCUT2D eigenvalue weighted by Gasteiger charge is -2.06. The van der Waals surface area contributed by atoms with Crippen LogP contribution in [0.4, 0.5) is 5.69 Å². The number of pyridine rings is 1. The number of primary sulfonamides is 1. The summed E-state index contributed by atoms with van der Waals surface area (Å²) in [7, 11) is -3.41. The first-order chi connectivity index (χ1) is 8.04. The first-order valence-corrected chi connectivity index (χ1v) is 6.85. The Balaban J connectivity index is 2.09. The predicted molar refractivity (Wildman–Crippen MR) is 68.2 cm³/mol. The van der Waals surface area contributed by atoms with Gasteiger partial charge >= 0.3 is 0 Å². The molecule has 1 heterocycles. The summed E-state index contributed by atoms with van der Waals surface area (Å²) in [6.07, 6.45) is 1.73. The average molecular weight is 251 g/mol. The summed E-state index contributed by atoms with van der Waals surface area (Å²) in [6.45, 7) is 0.296. The van der Waals surface area contributed by atoms with Crippen LogP contribution in [0.3, 0.4) is 0 Å². The molecule has 1 aromatic heterocycles. The van der Waals surface area contributed by atoms with Crippen LogP contribution in [0.15, 0.2) is 36.5 Å². The molecule has 0 unspecified atom stereocenters. The Hall–Kier alpha value is -1.66. The van der Waals surface area contributed by atoms with E-state index in [1.54, 1.807) is 6.20 Å². The topological polar surface area (TPSA) is 85.1 Å². The van der Waals surface area contributed by atoms with Crippen molar-refractivity contribution in [2.24, 2.45) is 5.14 Å². The third kappa shape index (κ3) is 3.40. The number of aromatic nitrogens is 1. The Labute approximate surface area is 99.7 Å². The zero-order valence-corrected chi connectivity index (χ0v) is 9.94. The number of hydrogen-bond donors (Lipinski definition) is 2. The molecule has 6 heteroatoms. The van der Waals surface area contributed by atoms with E-state index >= 15 is 0 Å². The third-order valence-electron chi connectivity index (χ3n) is 2.32. The molecule has 0 fully saturated rings. The van der Waals surface area contributed by atoms with Crippen molar-refractivity contribution in [2.45, 2.75) is 0 Å². The number of hydrogen-bond acceptors (Lipinski definition) is 4. The van der Waals surface area contributed by atoms with Crippen LogP contribution in [-0.2, 0) is 10.0 Å². The quantitative estimate of drug-likeness (QED) is 0.846. The second kappa shape index (κ2) is 4.68. The molecular formula is C11H13N3O2S. The molecule has 0 bridgehead atoms. The van der Waals surface area contributed by atoms with Crippen molar-refractivity contribution in [1.82, 2.24) is 4.98 Å². The van der Waals surface area contributed by atoms with E-state index in [0.29, 0.717) is 6.54 Å². The van der Waals surface area contributed by atoms with E-state index in [2.05, 4.69) is 10.3 Å². The van der Waals surface area contributed by atoms with Crippen molar-refractivity contribution in [3.05, 3.63) is 36.5 Å². The smallest absolute Gasteiger partial charge is 0.210 e. The third-order valence-corrected chi connectivity index (χ3v) is 3.09. The molecular weight excluding hydrogens is 238 g/mol. The monoisotopic (exact) mass is 251 g/mol. The van der Waals surface area contributed by atoms with Crippen molar-refractivity contribution in [1.29, 1.82) is 0 Å². The summed E-state index contributed by atoms with van der Waals surface area (Å²) in [5, 5.41) is 8.93. The van der Waals surface area contributed by atoms with Crippen LogP contribution in [0.5, 0.6) is 0 Å². The summed E-state index contributed by atoms with van der Waals surface area (Å²) in [6, 6.07) is 9.47. The fraction of sp³-hybridized carbons (Fsp3) is 0.182. The van der Waals surface area contributed by atoms with E-state index in [1.165, 1.54) is 0 Å². The highest BCUT2D eigenvalue weighted by atomic mass is 32.2. The molecule has 17 heavy (non-hydrogen) atoms. The molecule has 2 aromatic rings. The van der Waals surface area contributed by atoms with Gasteiger partial charge in [-0.1, -0.05) is 6.07 Å². The second-order valence-electron chi connectivity index (χ2n) is 3.70. The molecule has 1 aromatic carbocycles. The standard InChI is InChI=1S/C11H13N3O2S/c12-17(15,16)7-6-13-10-3-4-11-9(8-10)2-1-5-14-11/h1-5,8,13H,6-7H2,(H2,12,15,16). The summed E-state index contributed by atoms with van der Waals surface area (Å²) < 4.78 is 21.5. The minimum Gasteiger partial charge on any atom is -0.384 e. The van der Waals surface area contributed by atoms with Gasteiger partial charge in [0.15, 0.2) is 0 Å². The number of rotatable bonds is 4. The zero-order chi connectivity index (χ0) is 12.3. The van der Waals surface area contributed by atoms with Gasteiger partial charge in [-0.3, -0.25) is 4.98 Å². The van der Waals surface area contributed by atoms with Crippen molar-refractivity contribution >= 4 is 26.6 Å². The summed E-state index contributed by atoms with van der Waals surface area (Å²) in [4.78, 5) is 4.20. The van der Waals surface area contributed by atoms with Gasteiger partial charge in [0.1, 0.15) is 0 Å². The Morgan fingerprint density at radius 3 is 2.88 bits per heavy atom. The molecule has 0 aliphatic heterocycles.